The quantitative estimate of drug-likeness (QED) is 0.774. The highest BCUT2D eigenvalue weighted by Crippen LogP contribution is 2.31. The molecule has 1 atom stereocenters. The first kappa shape index (κ1) is 9.74. The van der Waals surface area contributed by atoms with E-state index in [9.17, 15) is 0 Å². The maximum atomic E-state index is 5.76. The van der Waals surface area contributed by atoms with E-state index in [0.29, 0.717) is 6.54 Å². The fraction of sp³-hybridized carbons (Fsp3) is 0.636. The Bertz CT molecular complexity index is 267. The van der Waals surface area contributed by atoms with Crippen molar-refractivity contribution in [2.45, 2.75) is 18.9 Å². The van der Waals surface area contributed by atoms with Crippen molar-refractivity contribution < 1.29 is 4.42 Å². The molecule has 0 saturated heterocycles. The Balaban J connectivity index is 1.97. The van der Waals surface area contributed by atoms with Crippen molar-refractivity contribution in [3.63, 3.8) is 0 Å². The van der Waals surface area contributed by atoms with Crippen LogP contribution in [0.5, 0.6) is 0 Å². The molecule has 0 bridgehead atoms. The zero-order chi connectivity index (χ0) is 9.97. The summed E-state index contributed by atoms with van der Waals surface area (Å²) in [7, 11) is 2.12. The van der Waals surface area contributed by atoms with Crippen molar-refractivity contribution in [1.29, 1.82) is 0 Å². The Morgan fingerprint density at radius 3 is 2.93 bits per heavy atom. The van der Waals surface area contributed by atoms with Gasteiger partial charge in [0.15, 0.2) is 0 Å². The van der Waals surface area contributed by atoms with Gasteiger partial charge in [-0.1, -0.05) is 0 Å². The van der Waals surface area contributed by atoms with Gasteiger partial charge in [-0.05, 0) is 37.9 Å². The van der Waals surface area contributed by atoms with Crippen LogP contribution >= 0.6 is 0 Å². The lowest BCUT2D eigenvalue weighted by molar-refractivity contribution is 0.212. The van der Waals surface area contributed by atoms with Crippen molar-refractivity contribution in [2.24, 2.45) is 11.7 Å². The number of hydrogen-bond acceptors (Lipinski definition) is 3. The molecule has 1 heterocycles. The number of nitrogens with zero attached hydrogens (tertiary/aromatic N) is 1. The molecule has 14 heavy (non-hydrogen) atoms. The van der Waals surface area contributed by atoms with Crippen LogP contribution < -0.4 is 5.73 Å². The molecule has 1 unspecified atom stereocenters. The first-order chi connectivity index (χ1) is 6.81. The number of rotatable bonds is 5. The molecule has 0 aliphatic heterocycles. The highest BCUT2D eigenvalue weighted by atomic mass is 16.3. The van der Waals surface area contributed by atoms with Crippen LogP contribution in [-0.4, -0.2) is 25.0 Å². The molecule has 0 radical (unpaired) electrons. The van der Waals surface area contributed by atoms with E-state index in [0.717, 1.165) is 18.2 Å². The summed E-state index contributed by atoms with van der Waals surface area (Å²) in [5.74, 6) is 1.87. The number of likely N-dealkylation sites (N-methyl/N-ethyl adjacent to an activating group) is 1. The van der Waals surface area contributed by atoms with Crippen LogP contribution in [0.25, 0.3) is 0 Å². The normalized spacial score (nSPS) is 18.8. The molecule has 0 aromatic carbocycles. The summed E-state index contributed by atoms with van der Waals surface area (Å²) in [6, 6.07) is 4.16. The van der Waals surface area contributed by atoms with Crippen LogP contribution in [0.4, 0.5) is 0 Å². The summed E-state index contributed by atoms with van der Waals surface area (Å²) in [5, 5.41) is 0. The molecule has 1 aliphatic rings. The second-order valence-electron chi connectivity index (χ2n) is 4.15. The third kappa shape index (κ3) is 2.16. The molecule has 1 fully saturated rings. The molecular weight excluding hydrogens is 176 g/mol. The van der Waals surface area contributed by atoms with Gasteiger partial charge in [-0.25, -0.2) is 0 Å². The SMILES string of the molecule is CN(CC1CC1)C(CN)c1ccco1. The van der Waals surface area contributed by atoms with Gasteiger partial charge in [0.05, 0.1) is 12.3 Å². The zero-order valence-corrected chi connectivity index (χ0v) is 8.65. The predicted molar refractivity (Wildman–Crippen MR) is 55.9 cm³/mol. The van der Waals surface area contributed by atoms with Gasteiger partial charge in [0.2, 0.25) is 0 Å². The molecule has 0 spiro atoms. The van der Waals surface area contributed by atoms with Crippen molar-refractivity contribution >= 4 is 0 Å². The maximum absolute atomic E-state index is 5.76. The minimum absolute atomic E-state index is 0.241. The van der Waals surface area contributed by atoms with Crippen LogP contribution in [0, 0.1) is 5.92 Å². The standard InChI is InChI=1S/C11H18N2O/c1-13(8-9-4-5-9)10(7-12)11-3-2-6-14-11/h2-3,6,9-10H,4-5,7-8,12H2,1H3. The zero-order valence-electron chi connectivity index (χ0n) is 8.65. The lowest BCUT2D eigenvalue weighted by Gasteiger charge is -2.24. The van der Waals surface area contributed by atoms with Crippen LogP contribution in [0.1, 0.15) is 24.6 Å². The molecule has 2 rings (SSSR count). The van der Waals surface area contributed by atoms with Gasteiger partial charge in [-0.3, -0.25) is 4.90 Å². The second-order valence-corrected chi connectivity index (χ2v) is 4.15. The summed E-state index contributed by atoms with van der Waals surface area (Å²) >= 11 is 0. The fourth-order valence-corrected chi connectivity index (χ4v) is 1.83. The lowest BCUT2D eigenvalue weighted by atomic mass is 10.2. The van der Waals surface area contributed by atoms with Gasteiger partial charge in [0, 0.05) is 13.1 Å². The molecular formula is C11H18N2O. The fourth-order valence-electron chi connectivity index (χ4n) is 1.83. The first-order valence-electron chi connectivity index (χ1n) is 5.25. The summed E-state index contributed by atoms with van der Waals surface area (Å²) in [6.07, 6.45) is 4.46. The topological polar surface area (TPSA) is 42.4 Å². The van der Waals surface area contributed by atoms with Crippen molar-refractivity contribution in [1.82, 2.24) is 4.90 Å². The van der Waals surface area contributed by atoms with E-state index in [2.05, 4.69) is 11.9 Å². The minimum Gasteiger partial charge on any atom is -0.468 e. The Labute approximate surface area is 84.9 Å². The highest BCUT2D eigenvalue weighted by molar-refractivity contribution is 5.05. The average molecular weight is 194 g/mol. The lowest BCUT2D eigenvalue weighted by Crippen LogP contribution is -2.31. The van der Waals surface area contributed by atoms with Gasteiger partial charge in [0.25, 0.3) is 0 Å². The van der Waals surface area contributed by atoms with Crippen LogP contribution in [0.2, 0.25) is 0 Å². The molecule has 1 saturated carbocycles. The molecule has 1 aliphatic carbocycles. The molecule has 1 aromatic heterocycles. The molecule has 0 amide bonds. The van der Waals surface area contributed by atoms with Gasteiger partial charge in [-0.2, -0.15) is 0 Å². The Hall–Kier alpha value is -0.800. The van der Waals surface area contributed by atoms with E-state index in [4.69, 9.17) is 10.2 Å². The second kappa shape index (κ2) is 4.15. The minimum atomic E-state index is 0.241. The molecule has 3 heteroatoms. The largest absolute Gasteiger partial charge is 0.468 e. The third-order valence-corrected chi connectivity index (χ3v) is 2.87. The van der Waals surface area contributed by atoms with Crippen molar-refractivity contribution in [3.8, 4) is 0 Å². The molecule has 3 nitrogen and oxygen atoms in total. The Morgan fingerprint density at radius 1 is 1.64 bits per heavy atom. The number of nitrogens with two attached hydrogens (primary N) is 1. The van der Waals surface area contributed by atoms with Crippen LogP contribution in [0.3, 0.4) is 0 Å². The Morgan fingerprint density at radius 2 is 2.43 bits per heavy atom. The summed E-state index contributed by atoms with van der Waals surface area (Å²) < 4.78 is 5.39. The molecule has 78 valence electrons. The van der Waals surface area contributed by atoms with Gasteiger partial charge in [0.1, 0.15) is 5.76 Å². The van der Waals surface area contributed by atoms with E-state index in [1.807, 2.05) is 12.1 Å². The smallest absolute Gasteiger partial charge is 0.122 e. The van der Waals surface area contributed by atoms with E-state index in [-0.39, 0.29) is 6.04 Å². The average Bonchev–Trinajstić information content (AvgIpc) is 2.82. The maximum Gasteiger partial charge on any atom is 0.122 e. The monoisotopic (exact) mass is 194 g/mol. The van der Waals surface area contributed by atoms with E-state index < -0.39 is 0 Å². The Kier molecular flexibility index (Phi) is 2.89. The van der Waals surface area contributed by atoms with Gasteiger partial charge in [-0.15, -0.1) is 0 Å². The van der Waals surface area contributed by atoms with Gasteiger partial charge >= 0.3 is 0 Å². The summed E-state index contributed by atoms with van der Waals surface area (Å²) in [5.41, 5.74) is 5.76. The molecule has 1 aromatic rings. The third-order valence-electron chi connectivity index (χ3n) is 2.87. The first-order valence-corrected chi connectivity index (χ1v) is 5.25. The highest BCUT2D eigenvalue weighted by Gasteiger charge is 2.26. The van der Waals surface area contributed by atoms with E-state index in [1.54, 1.807) is 6.26 Å². The molecule has 2 N–H and O–H groups in total. The predicted octanol–water partition coefficient (Wildman–Crippen LogP) is 1.62. The van der Waals surface area contributed by atoms with E-state index >= 15 is 0 Å². The van der Waals surface area contributed by atoms with Crippen LogP contribution in [-0.2, 0) is 0 Å². The van der Waals surface area contributed by atoms with Crippen molar-refractivity contribution in [3.05, 3.63) is 24.2 Å². The number of hydrogen-bond donors (Lipinski definition) is 1. The van der Waals surface area contributed by atoms with E-state index in [1.165, 1.54) is 12.8 Å². The number of furan rings is 1. The summed E-state index contributed by atoms with van der Waals surface area (Å²) in [6.45, 7) is 1.76. The van der Waals surface area contributed by atoms with Crippen molar-refractivity contribution in [2.75, 3.05) is 20.1 Å². The summed E-state index contributed by atoms with van der Waals surface area (Å²) in [4.78, 5) is 2.30. The van der Waals surface area contributed by atoms with Gasteiger partial charge < -0.3 is 10.2 Å². The van der Waals surface area contributed by atoms with Crippen LogP contribution in [0.15, 0.2) is 22.8 Å².